The van der Waals surface area contributed by atoms with Crippen molar-refractivity contribution in [2.45, 2.75) is 32.5 Å². The Bertz CT molecular complexity index is 941. The van der Waals surface area contributed by atoms with E-state index in [1.165, 1.54) is 0 Å². The van der Waals surface area contributed by atoms with Gasteiger partial charge in [-0.05, 0) is 37.6 Å². The normalized spacial score (nSPS) is 13.0. The lowest BCUT2D eigenvalue weighted by atomic mass is 10.1. The third-order valence-electron chi connectivity index (χ3n) is 4.54. The summed E-state index contributed by atoms with van der Waals surface area (Å²) in [6, 6.07) is 15.5. The Balaban J connectivity index is 1.70. The van der Waals surface area contributed by atoms with Gasteiger partial charge in [-0.2, -0.15) is 0 Å². The SMILES string of the molecule is C=CC(Oc1ccc(C[C@H](OCC)C(=O)OCC)cc1)c1occ2ccccc12. The lowest BCUT2D eigenvalue weighted by Gasteiger charge is -2.17. The van der Waals surface area contributed by atoms with Crippen LogP contribution in [0.25, 0.3) is 10.8 Å². The minimum absolute atomic E-state index is 0.333. The molecule has 29 heavy (non-hydrogen) atoms. The molecule has 0 bridgehead atoms. The summed E-state index contributed by atoms with van der Waals surface area (Å²) in [4.78, 5) is 12.0. The number of rotatable bonds is 10. The second-order valence-electron chi connectivity index (χ2n) is 6.51. The minimum atomic E-state index is -0.609. The number of hydrogen-bond donors (Lipinski definition) is 0. The van der Waals surface area contributed by atoms with Crippen LogP contribution in [0.4, 0.5) is 0 Å². The first-order chi connectivity index (χ1) is 14.2. The molecule has 5 heteroatoms. The number of hydrogen-bond acceptors (Lipinski definition) is 5. The van der Waals surface area contributed by atoms with Gasteiger partial charge in [-0.1, -0.05) is 43.0 Å². The van der Waals surface area contributed by atoms with Crippen LogP contribution in [0.3, 0.4) is 0 Å². The average molecular weight is 394 g/mol. The first-order valence-electron chi connectivity index (χ1n) is 9.78. The Morgan fingerprint density at radius 1 is 1.10 bits per heavy atom. The Hall–Kier alpha value is -3.05. The fraction of sp³-hybridized carbons (Fsp3) is 0.292. The number of fused-ring (bicyclic) bond motifs is 1. The van der Waals surface area contributed by atoms with Gasteiger partial charge in [0.25, 0.3) is 0 Å². The lowest BCUT2D eigenvalue weighted by molar-refractivity contribution is -0.156. The van der Waals surface area contributed by atoms with Gasteiger partial charge in [0.1, 0.15) is 5.75 Å². The first kappa shape index (κ1) is 20.7. The summed E-state index contributed by atoms with van der Waals surface area (Å²) >= 11 is 0. The number of esters is 1. The van der Waals surface area contributed by atoms with E-state index in [2.05, 4.69) is 6.58 Å². The van der Waals surface area contributed by atoms with Gasteiger partial charge in [0, 0.05) is 23.8 Å². The third-order valence-corrected chi connectivity index (χ3v) is 4.54. The van der Waals surface area contributed by atoms with E-state index in [0.717, 1.165) is 22.1 Å². The summed E-state index contributed by atoms with van der Waals surface area (Å²) in [5.41, 5.74) is 0.961. The molecular weight excluding hydrogens is 368 g/mol. The van der Waals surface area contributed by atoms with Gasteiger partial charge in [-0.15, -0.1) is 0 Å². The van der Waals surface area contributed by atoms with Gasteiger partial charge in [0.15, 0.2) is 18.0 Å². The van der Waals surface area contributed by atoms with Crippen LogP contribution in [0.5, 0.6) is 5.75 Å². The van der Waals surface area contributed by atoms with Gasteiger partial charge in [-0.25, -0.2) is 4.79 Å². The van der Waals surface area contributed by atoms with Crippen molar-refractivity contribution in [3.8, 4) is 5.75 Å². The summed E-state index contributed by atoms with van der Waals surface area (Å²) in [7, 11) is 0. The van der Waals surface area contributed by atoms with E-state index < -0.39 is 12.2 Å². The standard InChI is InChI=1S/C24H26O5/c1-4-21(23-20-10-8-7-9-18(20)16-28-23)29-19-13-11-17(12-14-19)15-22(26-5-2)24(25)27-6-3/h4,7-14,16,21-22H,1,5-6,15H2,2-3H3/t21?,22-/m0/s1. The van der Waals surface area contributed by atoms with Crippen LogP contribution in [-0.4, -0.2) is 25.3 Å². The number of furan rings is 1. The summed E-state index contributed by atoms with van der Waals surface area (Å²) in [6.07, 6.45) is 2.86. The van der Waals surface area contributed by atoms with Crippen LogP contribution in [0.2, 0.25) is 0 Å². The number of benzene rings is 2. The van der Waals surface area contributed by atoms with Gasteiger partial charge in [-0.3, -0.25) is 0 Å². The fourth-order valence-electron chi connectivity index (χ4n) is 3.16. The highest BCUT2D eigenvalue weighted by Gasteiger charge is 2.21. The van der Waals surface area contributed by atoms with Crippen LogP contribution in [-0.2, 0) is 20.7 Å². The van der Waals surface area contributed by atoms with Gasteiger partial charge in [0.05, 0.1) is 12.9 Å². The summed E-state index contributed by atoms with van der Waals surface area (Å²) in [6.45, 7) is 8.30. The highest BCUT2D eigenvalue weighted by atomic mass is 16.6. The molecule has 1 unspecified atom stereocenters. The molecule has 0 radical (unpaired) electrons. The largest absolute Gasteiger partial charge is 0.478 e. The van der Waals surface area contributed by atoms with Gasteiger partial charge < -0.3 is 18.6 Å². The smallest absolute Gasteiger partial charge is 0.335 e. The second kappa shape index (κ2) is 9.94. The van der Waals surface area contributed by atoms with Crippen LogP contribution < -0.4 is 4.74 Å². The van der Waals surface area contributed by atoms with Gasteiger partial charge >= 0.3 is 5.97 Å². The quantitative estimate of drug-likeness (QED) is 0.347. The molecule has 1 heterocycles. The molecule has 0 amide bonds. The highest BCUT2D eigenvalue weighted by Crippen LogP contribution is 2.30. The molecular formula is C24H26O5. The van der Waals surface area contributed by atoms with E-state index in [1.807, 2.05) is 55.5 Å². The monoisotopic (exact) mass is 394 g/mol. The maximum absolute atomic E-state index is 12.0. The molecule has 3 aromatic rings. The second-order valence-corrected chi connectivity index (χ2v) is 6.51. The third kappa shape index (κ3) is 5.06. The summed E-state index contributed by atoms with van der Waals surface area (Å²) in [5.74, 6) is 1.06. The van der Waals surface area contributed by atoms with Crippen molar-refractivity contribution in [3.05, 3.63) is 78.8 Å². The predicted molar refractivity (Wildman–Crippen MR) is 112 cm³/mol. The molecule has 0 saturated heterocycles. The zero-order valence-electron chi connectivity index (χ0n) is 16.8. The lowest BCUT2D eigenvalue weighted by Crippen LogP contribution is -2.28. The molecule has 0 saturated carbocycles. The highest BCUT2D eigenvalue weighted by molar-refractivity contribution is 5.84. The fourth-order valence-corrected chi connectivity index (χ4v) is 3.16. The number of ether oxygens (including phenoxy) is 3. The molecule has 3 rings (SSSR count). The zero-order valence-corrected chi connectivity index (χ0v) is 16.8. The van der Waals surface area contributed by atoms with Crippen molar-refractivity contribution in [2.24, 2.45) is 0 Å². The average Bonchev–Trinajstić information content (AvgIpc) is 3.17. The Labute approximate surface area is 170 Å². The number of carbonyl (C=O) groups is 1. The van der Waals surface area contributed by atoms with Crippen molar-refractivity contribution in [1.82, 2.24) is 0 Å². The molecule has 2 aromatic carbocycles. The minimum Gasteiger partial charge on any atom is -0.478 e. The maximum Gasteiger partial charge on any atom is 0.335 e. The van der Waals surface area contributed by atoms with Crippen LogP contribution in [0, 0.1) is 0 Å². The van der Waals surface area contributed by atoms with E-state index in [4.69, 9.17) is 18.6 Å². The van der Waals surface area contributed by atoms with Crippen molar-refractivity contribution in [1.29, 1.82) is 0 Å². The molecule has 0 fully saturated rings. The molecule has 0 aliphatic rings. The molecule has 0 N–H and O–H groups in total. The first-order valence-corrected chi connectivity index (χ1v) is 9.78. The van der Waals surface area contributed by atoms with Crippen molar-refractivity contribution >= 4 is 16.7 Å². The molecule has 0 aliphatic carbocycles. The number of carbonyl (C=O) groups excluding carboxylic acids is 1. The van der Waals surface area contributed by atoms with E-state index in [9.17, 15) is 4.79 Å². The zero-order chi connectivity index (χ0) is 20.6. The molecule has 0 aliphatic heterocycles. The molecule has 2 atom stereocenters. The molecule has 1 aromatic heterocycles. The molecule has 0 spiro atoms. The van der Waals surface area contributed by atoms with Crippen molar-refractivity contribution in [2.75, 3.05) is 13.2 Å². The summed E-state index contributed by atoms with van der Waals surface area (Å²) in [5, 5.41) is 2.03. The molecule has 152 valence electrons. The topological polar surface area (TPSA) is 57.9 Å². The van der Waals surface area contributed by atoms with Gasteiger partial charge in [0.2, 0.25) is 0 Å². The Morgan fingerprint density at radius 2 is 1.86 bits per heavy atom. The van der Waals surface area contributed by atoms with E-state index in [-0.39, 0.29) is 5.97 Å². The predicted octanol–water partition coefficient (Wildman–Crippen LogP) is 5.25. The summed E-state index contributed by atoms with van der Waals surface area (Å²) < 4.78 is 22.4. The van der Waals surface area contributed by atoms with E-state index in [0.29, 0.717) is 25.4 Å². The van der Waals surface area contributed by atoms with Crippen LogP contribution in [0.1, 0.15) is 31.3 Å². The Kier molecular flexibility index (Phi) is 7.09. The van der Waals surface area contributed by atoms with Crippen molar-refractivity contribution in [3.63, 3.8) is 0 Å². The van der Waals surface area contributed by atoms with Crippen molar-refractivity contribution < 1.29 is 23.4 Å². The van der Waals surface area contributed by atoms with Crippen LogP contribution >= 0.6 is 0 Å². The maximum atomic E-state index is 12.0. The molecule has 5 nitrogen and oxygen atoms in total. The Morgan fingerprint density at radius 3 is 2.55 bits per heavy atom. The van der Waals surface area contributed by atoms with E-state index in [1.54, 1.807) is 19.3 Å². The van der Waals surface area contributed by atoms with E-state index >= 15 is 0 Å². The van der Waals surface area contributed by atoms with Crippen LogP contribution in [0.15, 0.2) is 71.9 Å².